The second kappa shape index (κ2) is 8.10. The number of nitrogens with one attached hydrogen (secondary N) is 3. The molecule has 3 aromatic rings. The summed E-state index contributed by atoms with van der Waals surface area (Å²) in [5, 5.41) is 5.88. The number of quaternary nitrogens is 1. The maximum atomic E-state index is 12.3. The van der Waals surface area contributed by atoms with Crippen LogP contribution in [-0.4, -0.2) is 19.1 Å². The van der Waals surface area contributed by atoms with Gasteiger partial charge in [0.05, 0.1) is 19.4 Å². The maximum absolute atomic E-state index is 12.3. The van der Waals surface area contributed by atoms with Crippen LogP contribution in [0, 0.1) is 0 Å². The van der Waals surface area contributed by atoms with Gasteiger partial charge in [-0.2, -0.15) is 0 Å². The molecule has 2 atom stereocenters. The second-order valence-electron chi connectivity index (χ2n) is 6.87. The summed E-state index contributed by atoms with van der Waals surface area (Å²) in [6.07, 6.45) is 2.74. The van der Waals surface area contributed by atoms with Crippen molar-refractivity contribution in [3.8, 4) is 0 Å². The maximum Gasteiger partial charge on any atom is 0.319 e. The van der Waals surface area contributed by atoms with Gasteiger partial charge in [0.15, 0.2) is 11.8 Å². The molecule has 2 amide bonds. The number of hydrogen-bond acceptors (Lipinski definition) is 2. The minimum absolute atomic E-state index is 0.0786. The molecule has 1 aliphatic heterocycles. The van der Waals surface area contributed by atoms with Gasteiger partial charge in [0.1, 0.15) is 6.54 Å². The summed E-state index contributed by atoms with van der Waals surface area (Å²) in [6.45, 7) is 2.47. The lowest BCUT2D eigenvalue weighted by molar-refractivity contribution is -0.946. The largest absolute Gasteiger partial charge is 0.463 e. The van der Waals surface area contributed by atoms with Crippen LogP contribution in [-0.2, 0) is 13.0 Å². The molecule has 0 aliphatic carbocycles. The van der Waals surface area contributed by atoms with Crippen molar-refractivity contribution in [3.05, 3.63) is 89.9 Å². The van der Waals surface area contributed by atoms with Crippen molar-refractivity contribution in [2.75, 3.05) is 18.4 Å². The molecule has 3 N–H and O–H groups in total. The van der Waals surface area contributed by atoms with Crippen LogP contribution in [0.2, 0.25) is 0 Å². The Morgan fingerprint density at radius 2 is 1.78 bits per heavy atom. The lowest BCUT2D eigenvalue weighted by Crippen LogP contribution is -3.12. The SMILES string of the molecule is O=C(NC[C@H](c1ccco1)[NH+]1CCc2ccccc2C1)Nc1ccccc1. The molecule has 0 fully saturated rings. The molecule has 138 valence electrons. The van der Waals surface area contributed by atoms with Gasteiger partial charge in [-0.25, -0.2) is 4.79 Å². The van der Waals surface area contributed by atoms with Gasteiger partial charge in [0.25, 0.3) is 0 Å². The van der Waals surface area contributed by atoms with Gasteiger partial charge in [-0.15, -0.1) is 0 Å². The predicted octanol–water partition coefficient (Wildman–Crippen LogP) is 2.78. The second-order valence-corrected chi connectivity index (χ2v) is 6.87. The van der Waals surface area contributed by atoms with Crippen molar-refractivity contribution in [2.24, 2.45) is 0 Å². The number of amides is 2. The van der Waals surface area contributed by atoms with Gasteiger partial charge in [-0.05, 0) is 29.8 Å². The normalized spacial score (nSPS) is 17.0. The van der Waals surface area contributed by atoms with Crippen LogP contribution in [0.3, 0.4) is 0 Å². The molecule has 5 heteroatoms. The van der Waals surface area contributed by atoms with Gasteiger partial charge in [-0.1, -0.05) is 42.5 Å². The first-order valence-corrected chi connectivity index (χ1v) is 9.34. The van der Waals surface area contributed by atoms with Crippen LogP contribution in [0.25, 0.3) is 0 Å². The molecule has 0 spiro atoms. The lowest BCUT2D eigenvalue weighted by atomic mass is 9.98. The van der Waals surface area contributed by atoms with Crippen LogP contribution < -0.4 is 15.5 Å². The molecule has 2 aromatic carbocycles. The Hall–Kier alpha value is -3.05. The Balaban J connectivity index is 1.44. The Kier molecular flexibility index (Phi) is 5.21. The first-order chi connectivity index (χ1) is 13.3. The highest BCUT2D eigenvalue weighted by Crippen LogP contribution is 2.15. The summed E-state index contributed by atoms with van der Waals surface area (Å²) in [4.78, 5) is 13.7. The first-order valence-electron chi connectivity index (χ1n) is 9.34. The molecule has 1 unspecified atom stereocenters. The molecule has 1 aromatic heterocycles. The summed E-state index contributed by atoms with van der Waals surface area (Å²) >= 11 is 0. The first kappa shape index (κ1) is 17.4. The van der Waals surface area contributed by atoms with Crippen LogP contribution in [0.1, 0.15) is 22.9 Å². The lowest BCUT2D eigenvalue weighted by Gasteiger charge is -2.31. The smallest absolute Gasteiger partial charge is 0.319 e. The van der Waals surface area contributed by atoms with E-state index in [9.17, 15) is 4.79 Å². The Morgan fingerprint density at radius 3 is 2.56 bits per heavy atom. The number of para-hydroxylation sites is 1. The number of carbonyl (C=O) groups excluding carboxylic acids is 1. The average molecular weight is 362 g/mol. The third-order valence-electron chi connectivity index (χ3n) is 5.13. The third kappa shape index (κ3) is 4.20. The van der Waals surface area contributed by atoms with E-state index in [1.807, 2.05) is 42.5 Å². The number of benzene rings is 2. The Labute approximate surface area is 159 Å². The molecule has 1 aliphatic rings. The number of furan rings is 1. The van der Waals surface area contributed by atoms with Gasteiger partial charge in [0, 0.05) is 17.7 Å². The molecular formula is C22H24N3O2+. The highest BCUT2D eigenvalue weighted by molar-refractivity contribution is 5.89. The van der Waals surface area contributed by atoms with Crippen molar-refractivity contribution in [3.63, 3.8) is 0 Å². The van der Waals surface area contributed by atoms with Gasteiger partial charge >= 0.3 is 6.03 Å². The number of hydrogen-bond donors (Lipinski definition) is 3. The van der Waals surface area contributed by atoms with Crippen molar-refractivity contribution < 1.29 is 14.1 Å². The monoisotopic (exact) mass is 362 g/mol. The van der Waals surface area contributed by atoms with Gasteiger partial charge < -0.3 is 20.0 Å². The van der Waals surface area contributed by atoms with Crippen molar-refractivity contribution in [2.45, 2.75) is 19.0 Å². The number of fused-ring (bicyclic) bond motifs is 1. The summed E-state index contributed by atoms with van der Waals surface area (Å²) in [5.74, 6) is 0.907. The summed E-state index contributed by atoms with van der Waals surface area (Å²) in [6, 6.07) is 21.8. The minimum Gasteiger partial charge on any atom is -0.463 e. The predicted molar refractivity (Wildman–Crippen MR) is 105 cm³/mol. The molecule has 0 saturated carbocycles. The summed E-state index contributed by atoms with van der Waals surface area (Å²) in [5.41, 5.74) is 3.59. The zero-order valence-electron chi connectivity index (χ0n) is 15.2. The zero-order chi connectivity index (χ0) is 18.5. The molecule has 0 bridgehead atoms. The topological polar surface area (TPSA) is 58.7 Å². The molecule has 4 rings (SSSR count). The molecule has 0 radical (unpaired) electrons. The fourth-order valence-electron chi connectivity index (χ4n) is 3.73. The average Bonchev–Trinajstić information content (AvgIpc) is 3.23. The fourth-order valence-corrected chi connectivity index (χ4v) is 3.73. The standard InChI is InChI=1S/C22H23N3O2/c26-22(24-19-9-2-1-3-10-19)23-15-20(21-11-6-14-27-21)25-13-12-17-7-4-5-8-18(17)16-25/h1-11,14,20H,12-13,15-16H2,(H2,23,24,26)/p+1/t20-/m1/s1. The van der Waals surface area contributed by atoms with Crippen LogP contribution in [0.15, 0.2) is 77.4 Å². The minimum atomic E-state index is -0.199. The van der Waals surface area contributed by atoms with E-state index in [0.717, 1.165) is 31.0 Å². The Bertz CT molecular complexity index is 878. The highest BCUT2D eigenvalue weighted by atomic mass is 16.3. The van der Waals surface area contributed by atoms with E-state index in [-0.39, 0.29) is 12.1 Å². The Morgan fingerprint density at radius 1 is 1.00 bits per heavy atom. The zero-order valence-corrected chi connectivity index (χ0v) is 15.2. The summed E-state index contributed by atoms with van der Waals surface area (Å²) < 4.78 is 5.69. The summed E-state index contributed by atoms with van der Waals surface area (Å²) in [7, 11) is 0. The molecular weight excluding hydrogens is 338 g/mol. The molecule has 0 saturated heterocycles. The van der Waals surface area contributed by atoms with Crippen LogP contribution in [0.4, 0.5) is 10.5 Å². The quantitative estimate of drug-likeness (QED) is 0.654. The van der Waals surface area contributed by atoms with Crippen molar-refractivity contribution >= 4 is 11.7 Å². The molecule has 5 nitrogen and oxygen atoms in total. The van der Waals surface area contributed by atoms with E-state index >= 15 is 0 Å². The van der Waals surface area contributed by atoms with Crippen molar-refractivity contribution in [1.29, 1.82) is 0 Å². The van der Waals surface area contributed by atoms with Crippen LogP contribution >= 0.6 is 0 Å². The molecule has 2 heterocycles. The van der Waals surface area contributed by atoms with Gasteiger partial charge in [-0.3, -0.25) is 0 Å². The van der Waals surface area contributed by atoms with Crippen molar-refractivity contribution in [1.82, 2.24) is 5.32 Å². The van der Waals surface area contributed by atoms with E-state index in [1.54, 1.807) is 6.26 Å². The van der Waals surface area contributed by atoms with E-state index in [2.05, 4.69) is 34.9 Å². The highest BCUT2D eigenvalue weighted by Gasteiger charge is 2.30. The number of rotatable bonds is 5. The van der Waals surface area contributed by atoms with E-state index in [4.69, 9.17) is 4.42 Å². The van der Waals surface area contributed by atoms with Gasteiger partial charge in [0.2, 0.25) is 0 Å². The number of carbonyl (C=O) groups is 1. The van der Waals surface area contributed by atoms with E-state index < -0.39 is 0 Å². The van der Waals surface area contributed by atoms with E-state index in [1.165, 1.54) is 16.0 Å². The number of anilines is 1. The number of urea groups is 1. The third-order valence-corrected chi connectivity index (χ3v) is 5.13. The van der Waals surface area contributed by atoms with Crippen LogP contribution in [0.5, 0.6) is 0 Å². The molecule has 27 heavy (non-hydrogen) atoms. The van der Waals surface area contributed by atoms with E-state index in [0.29, 0.717) is 6.54 Å². The fraction of sp³-hybridized carbons (Fsp3) is 0.227.